The van der Waals surface area contributed by atoms with Gasteiger partial charge in [0.2, 0.25) is 0 Å². The Kier molecular flexibility index (Phi) is 8.69. The van der Waals surface area contributed by atoms with Crippen molar-refractivity contribution in [3.05, 3.63) is 70.8 Å². The van der Waals surface area contributed by atoms with E-state index >= 15 is 0 Å². The molecule has 166 valence electrons. The maximum Gasteiger partial charge on any atom is 0.416 e. The van der Waals surface area contributed by atoms with E-state index in [2.05, 4.69) is 5.32 Å². The van der Waals surface area contributed by atoms with Crippen molar-refractivity contribution in [2.75, 3.05) is 19.7 Å². The molecule has 0 heterocycles. The fourth-order valence-electron chi connectivity index (χ4n) is 2.82. The average Bonchev–Trinajstić information content (AvgIpc) is 2.68. The number of nitrogens with one attached hydrogen (secondary N) is 1. The largest absolute Gasteiger partial charge is 0.416 e. The normalized spacial score (nSPS) is 13.4. The van der Waals surface area contributed by atoms with Gasteiger partial charge in [0.1, 0.15) is 0 Å². The lowest BCUT2D eigenvalue weighted by Crippen LogP contribution is -2.35. The zero-order chi connectivity index (χ0) is 22.2. The number of ether oxygens (including phenoxy) is 1. The molecule has 3 N–H and O–H groups in total. The van der Waals surface area contributed by atoms with Gasteiger partial charge in [0.15, 0.2) is 0 Å². The molecule has 0 saturated heterocycles. The molecule has 9 heteroatoms. The Morgan fingerprint density at radius 2 is 1.47 bits per heavy atom. The Hall–Kier alpha value is -2.10. The molecule has 0 bridgehead atoms. The predicted octanol–water partition coefficient (Wildman–Crippen LogP) is 4.79. The number of aryl methyl sites for hydroxylation is 1. The minimum absolute atomic E-state index is 0.0805. The Labute approximate surface area is 171 Å². The van der Waals surface area contributed by atoms with Gasteiger partial charge in [-0.15, -0.1) is 0 Å². The molecule has 0 unspecified atom stereocenters. The van der Waals surface area contributed by atoms with Gasteiger partial charge in [-0.1, -0.05) is 30.3 Å². The predicted molar refractivity (Wildman–Crippen MR) is 102 cm³/mol. The van der Waals surface area contributed by atoms with Gasteiger partial charge in [-0.2, -0.15) is 26.3 Å². The summed E-state index contributed by atoms with van der Waals surface area (Å²) in [7, 11) is 0. The number of hydrogen-bond acceptors (Lipinski definition) is 3. The van der Waals surface area contributed by atoms with Crippen LogP contribution in [0.15, 0.2) is 48.5 Å². The number of hydrogen-bond donors (Lipinski definition) is 2. The molecule has 0 aliphatic carbocycles. The molecule has 0 amide bonds. The molecule has 2 aromatic carbocycles. The molecule has 0 aromatic heterocycles. The maximum atomic E-state index is 12.8. The highest BCUT2D eigenvalue weighted by Crippen LogP contribution is 2.36. The monoisotopic (exact) mass is 434 g/mol. The van der Waals surface area contributed by atoms with Crippen LogP contribution in [0.25, 0.3) is 0 Å². The number of halogens is 6. The van der Waals surface area contributed by atoms with Crippen LogP contribution in [0.2, 0.25) is 0 Å². The van der Waals surface area contributed by atoms with E-state index in [-0.39, 0.29) is 30.9 Å². The maximum absolute atomic E-state index is 12.8. The van der Waals surface area contributed by atoms with Crippen LogP contribution in [0.5, 0.6) is 0 Å². The highest BCUT2D eigenvalue weighted by atomic mass is 19.4. The highest BCUT2D eigenvalue weighted by Gasteiger charge is 2.36. The molecular formula is C21H24F6N2O. The van der Waals surface area contributed by atoms with E-state index in [0.717, 1.165) is 12.8 Å². The molecule has 0 saturated carbocycles. The minimum atomic E-state index is -4.87. The Morgan fingerprint density at radius 3 is 2.03 bits per heavy atom. The Balaban J connectivity index is 1.73. The number of alkyl halides is 6. The second-order valence-corrected chi connectivity index (χ2v) is 6.96. The smallest absolute Gasteiger partial charge is 0.375 e. The van der Waals surface area contributed by atoms with Crippen molar-refractivity contribution < 1.29 is 31.1 Å². The van der Waals surface area contributed by atoms with Gasteiger partial charge in [0, 0.05) is 19.1 Å². The first kappa shape index (κ1) is 24.2. The van der Waals surface area contributed by atoms with Crippen molar-refractivity contribution in [3.63, 3.8) is 0 Å². The topological polar surface area (TPSA) is 47.3 Å². The van der Waals surface area contributed by atoms with E-state index in [1.54, 1.807) is 0 Å². The second-order valence-electron chi connectivity index (χ2n) is 6.96. The molecule has 2 rings (SSSR count). The van der Waals surface area contributed by atoms with Gasteiger partial charge in [-0.05, 0) is 42.2 Å². The first-order valence-electron chi connectivity index (χ1n) is 9.42. The summed E-state index contributed by atoms with van der Waals surface area (Å²) in [5, 5.41) is 3.07. The van der Waals surface area contributed by atoms with Crippen LogP contribution in [0, 0.1) is 0 Å². The summed E-state index contributed by atoms with van der Waals surface area (Å²) in [5.74, 6) is 0. The fourth-order valence-corrected chi connectivity index (χ4v) is 2.82. The van der Waals surface area contributed by atoms with Crippen LogP contribution < -0.4 is 11.1 Å². The highest BCUT2D eigenvalue weighted by molar-refractivity contribution is 5.33. The zero-order valence-corrected chi connectivity index (χ0v) is 16.2. The van der Waals surface area contributed by atoms with Gasteiger partial charge < -0.3 is 15.8 Å². The summed E-state index contributed by atoms with van der Waals surface area (Å²) in [6.45, 7) is 0.680. The molecule has 0 fully saturated rings. The van der Waals surface area contributed by atoms with E-state index in [9.17, 15) is 26.3 Å². The summed E-state index contributed by atoms with van der Waals surface area (Å²) >= 11 is 0. The molecule has 0 aliphatic rings. The molecule has 0 aliphatic heterocycles. The fraction of sp³-hybridized carbons (Fsp3) is 0.429. The molecule has 2 aromatic rings. The van der Waals surface area contributed by atoms with Crippen LogP contribution in [-0.2, 0) is 30.1 Å². The van der Waals surface area contributed by atoms with Crippen molar-refractivity contribution in [3.8, 4) is 0 Å². The first-order valence-corrected chi connectivity index (χ1v) is 9.42. The van der Waals surface area contributed by atoms with Gasteiger partial charge in [-0.3, -0.25) is 0 Å². The van der Waals surface area contributed by atoms with Crippen LogP contribution in [0.1, 0.15) is 28.7 Å². The Morgan fingerprint density at radius 1 is 0.867 bits per heavy atom. The van der Waals surface area contributed by atoms with Gasteiger partial charge >= 0.3 is 12.4 Å². The van der Waals surface area contributed by atoms with Crippen molar-refractivity contribution in [1.82, 2.24) is 5.32 Å². The van der Waals surface area contributed by atoms with E-state index in [1.807, 2.05) is 30.3 Å². The summed E-state index contributed by atoms with van der Waals surface area (Å²) in [6, 6.07) is 11.2. The van der Waals surface area contributed by atoms with E-state index in [0.29, 0.717) is 25.2 Å². The van der Waals surface area contributed by atoms with Crippen molar-refractivity contribution in [2.45, 2.75) is 37.8 Å². The van der Waals surface area contributed by atoms with Crippen LogP contribution in [0.4, 0.5) is 26.3 Å². The van der Waals surface area contributed by atoms with E-state index in [4.69, 9.17) is 10.5 Å². The summed E-state index contributed by atoms with van der Waals surface area (Å²) < 4.78 is 82.3. The number of rotatable bonds is 10. The summed E-state index contributed by atoms with van der Waals surface area (Å²) in [5.41, 5.74) is 4.34. The van der Waals surface area contributed by atoms with Crippen LogP contribution >= 0.6 is 0 Å². The zero-order valence-electron chi connectivity index (χ0n) is 16.2. The standard InChI is InChI=1S/C21H24F6N2O/c22-20(23,24)17-10-16(11-18(12-17)21(25,26)27)14-30-9-8-29-13-19(28)7-6-15-4-2-1-3-5-15/h1-5,10-12,19,29H,6-9,13-14,28H2/t19-/m0/s1. The third-order valence-electron chi connectivity index (χ3n) is 4.39. The number of benzene rings is 2. The third kappa shape index (κ3) is 8.33. The van der Waals surface area contributed by atoms with E-state index in [1.165, 1.54) is 5.56 Å². The van der Waals surface area contributed by atoms with Crippen molar-refractivity contribution in [2.24, 2.45) is 5.73 Å². The number of nitrogens with two attached hydrogens (primary N) is 1. The second kappa shape index (κ2) is 10.8. The van der Waals surface area contributed by atoms with Crippen molar-refractivity contribution in [1.29, 1.82) is 0 Å². The molecule has 0 spiro atoms. The van der Waals surface area contributed by atoms with Crippen LogP contribution in [0.3, 0.4) is 0 Å². The lowest BCUT2D eigenvalue weighted by Gasteiger charge is -2.15. The van der Waals surface area contributed by atoms with Crippen LogP contribution in [-0.4, -0.2) is 25.7 Å². The summed E-state index contributed by atoms with van der Waals surface area (Å²) in [6.07, 6.45) is -8.11. The lowest BCUT2D eigenvalue weighted by molar-refractivity contribution is -0.143. The minimum Gasteiger partial charge on any atom is -0.375 e. The van der Waals surface area contributed by atoms with E-state index < -0.39 is 23.5 Å². The Bertz CT molecular complexity index is 745. The first-order chi connectivity index (χ1) is 14.1. The van der Waals surface area contributed by atoms with Gasteiger partial charge in [0.05, 0.1) is 24.3 Å². The molecule has 3 nitrogen and oxygen atoms in total. The lowest BCUT2D eigenvalue weighted by atomic mass is 10.1. The molecule has 30 heavy (non-hydrogen) atoms. The van der Waals surface area contributed by atoms with Gasteiger partial charge in [0.25, 0.3) is 0 Å². The van der Waals surface area contributed by atoms with Gasteiger partial charge in [-0.25, -0.2) is 0 Å². The third-order valence-corrected chi connectivity index (χ3v) is 4.39. The molecule has 0 radical (unpaired) electrons. The summed E-state index contributed by atoms with van der Waals surface area (Å²) in [4.78, 5) is 0. The quantitative estimate of drug-likeness (QED) is 0.418. The SMILES string of the molecule is N[C@@H](CCc1ccccc1)CNCCOCc1cc(C(F)(F)F)cc(C(F)(F)F)c1. The average molecular weight is 434 g/mol. The molecular weight excluding hydrogens is 410 g/mol. The van der Waals surface area contributed by atoms with Crippen molar-refractivity contribution >= 4 is 0 Å². The molecule has 1 atom stereocenters.